The smallest absolute Gasteiger partial charge is 0.119 e. The summed E-state index contributed by atoms with van der Waals surface area (Å²) in [5.41, 5.74) is 2.03. The normalized spacial score (nSPS) is 12.2. The summed E-state index contributed by atoms with van der Waals surface area (Å²) in [6, 6.07) is 11.7. The van der Waals surface area contributed by atoms with E-state index in [4.69, 9.17) is 16.3 Å². The molecule has 3 nitrogen and oxygen atoms in total. The van der Waals surface area contributed by atoms with Gasteiger partial charge in [-0.15, -0.1) is 0 Å². The first kappa shape index (κ1) is 12.9. The Kier molecular flexibility index (Phi) is 4.18. The maximum Gasteiger partial charge on any atom is 0.119 e. The summed E-state index contributed by atoms with van der Waals surface area (Å²) in [6.07, 6.45) is 1.65. The monoisotopic (exact) mass is 262 g/mol. The van der Waals surface area contributed by atoms with Crippen molar-refractivity contribution in [3.05, 3.63) is 58.9 Å². The number of nitrogens with one attached hydrogen (secondary N) is 1. The molecule has 1 unspecified atom stereocenters. The Morgan fingerprint density at radius 3 is 2.72 bits per heavy atom. The molecule has 0 aliphatic rings. The maximum atomic E-state index is 5.85. The van der Waals surface area contributed by atoms with Gasteiger partial charge in [0.2, 0.25) is 0 Å². The third-order valence-corrected chi connectivity index (χ3v) is 2.99. The van der Waals surface area contributed by atoms with Crippen LogP contribution >= 0.6 is 11.6 Å². The number of benzene rings is 1. The van der Waals surface area contributed by atoms with Crippen molar-refractivity contribution in [3.63, 3.8) is 0 Å². The molecule has 1 aromatic heterocycles. The van der Waals surface area contributed by atoms with E-state index in [9.17, 15) is 0 Å². The van der Waals surface area contributed by atoms with Gasteiger partial charge < -0.3 is 10.1 Å². The first-order valence-electron chi connectivity index (χ1n) is 5.67. The van der Waals surface area contributed by atoms with Crippen LogP contribution in [-0.2, 0) is 0 Å². The van der Waals surface area contributed by atoms with E-state index in [0.717, 1.165) is 17.0 Å². The molecule has 18 heavy (non-hydrogen) atoms. The van der Waals surface area contributed by atoms with Gasteiger partial charge in [-0.2, -0.15) is 0 Å². The molecule has 0 aliphatic carbocycles. The summed E-state index contributed by atoms with van der Waals surface area (Å²) in [5, 5.41) is 3.88. The molecule has 94 valence electrons. The van der Waals surface area contributed by atoms with Gasteiger partial charge in [-0.25, -0.2) is 0 Å². The van der Waals surface area contributed by atoms with Crippen LogP contribution in [0.5, 0.6) is 5.75 Å². The van der Waals surface area contributed by atoms with Crippen molar-refractivity contribution in [1.29, 1.82) is 0 Å². The highest BCUT2D eigenvalue weighted by Gasteiger charge is 2.13. The minimum absolute atomic E-state index is 0.0253. The predicted octanol–water partition coefficient (Wildman–Crippen LogP) is 3.05. The number of aromatic nitrogens is 1. The molecule has 0 saturated carbocycles. The zero-order chi connectivity index (χ0) is 13.0. The van der Waals surface area contributed by atoms with Crippen LogP contribution in [0.2, 0.25) is 5.02 Å². The number of halogens is 1. The summed E-state index contributed by atoms with van der Waals surface area (Å²) in [5.74, 6) is 0.835. The van der Waals surface area contributed by atoms with Gasteiger partial charge >= 0.3 is 0 Å². The molecule has 2 rings (SSSR count). The number of hydrogen-bond donors (Lipinski definition) is 1. The molecule has 0 spiro atoms. The molecule has 4 heteroatoms. The molecule has 2 aromatic rings. The van der Waals surface area contributed by atoms with Crippen molar-refractivity contribution in [2.45, 2.75) is 6.04 Å². The highest BCUT2D eigenvalue weighted by atomic mass is 35.5. The first-order chi connectivity index (χ1) is 8.74. The second-order valence-corrected chi connectivity index (χ2v) is 4.34. The summed E-state index contributed by atoms with van der Waals surface area (Å²) in [6.45, 7) is 0. The Bertz CT molecular complexity index is 513. The van der Waals surface area contributed by atoms with E-state index < -0.39 is 0 Å². The molecular formula is C14H15ClN2O. The van der Waals surface area contributed by atoms with Crippen molar-refractivity contribution < 1.29 is 4.74 Å². The molecule has 1 aromatic carbocycles. The number of ether oxygens (including phenoxy) is 1. The Morgan fingerprint density at radius 1 is 1.28 bits per heavy atom. The number of hydrogen-bond acceptors (Lipinski definition) is 3. The Morgan fingerprint density at radius 2 is 2.11 bits per heavy atom. The lowest BCUT2D eigenvalue weighted by molar-refractivity contribution is 0.413. The van der Waals surface area contributed by atoms with Gasteiger partial charge in [0.05, 0.1) is 23.9 Å². The third-order valence-electron chi connectivity index (χ3n) is 2.76. The summed E-state index contributed by atoms with van der Waals surface area (Å²) in [7, 11) is 3.56. The van der Waals surface area contributed by atoms with Crippen molar-refractivity contribution in [2.24, 2.45) is 0 Å². The Balaban J connectivity index is 2.35. The molecule has 0 saturated heterocycles. The molecule has 0 amide bonds. The van der Waals surface area contributed by atoms with Gasteiger partial charge in [-0.1, -0.05) is 23.7 Å². The zero-order valence-corrected chi connectivity index (χ0v) is 11.1. The lowest BCUT2D eigenvalue weighted by Gasteiger charge is -2.16. The van der Waals surface area contributed by atoms with Crippen molar-refractivity contribution >= 4 is 11.6 Å². The fraction of sp³-hybridized carbons (Fsp3) is 0.214. The van der Waals surface area contributed by atoms with E-state index in [2.05, 4.69) is 10.3 Å². The summed E-state index contributed by atoms with van der Waals surface area (Å²) >= 11 is 5.85. The van der Waals surface area contributed by atoms with E-state index in [-0.39, 0.29) is 6.04 Å². The Hall–Kier alpha value is -1.58. The molecule has 0 aliphatic heterocycles. The summed E-state index contributed by atoms with van der Waals surface area (Å²) < 4.78 is 5.24. The molecule has 0 radical (unpaired) electrons. The van der Waals surface area contributed by atoms with E-state index in [1.807, 2.05) is 43.4 Å². The van der Waals surface area contributed by atoms with Crippen LogP contribution < -0.4 is 10.1 Å². The number of methoxy groups -OCH3 is 1. The Labute approximate surface area is 112 Å². The SMILES string of the molecule is CNC(c1cccc(OC)c1)c1ccc(Cl)cn1. The molecular weight excluding hydrogens is 248 g/mol. The number of pyridine rings is 1. The second kappa shape index (κ2) is 5.85. The first-order valence-corrected chi connectivity index (χ1v) is 6.05. The van der Waals surface area contributed by atoms with Gasteiger partial charge in [0.25, 0.3) is 0 Å². The van der Waals surface area contributed by atoms with Crippen molar-refractivity contribution in [1.82, 2.24) is 10.3 Å². The van der Waals surface area contributed by atoms with Crippen LogP contribution in [0, 0.1) is 0 Å². The van der Waals surface area contributed by atoms with Gasteiger partial charge in [-0.3, -0.25) is 4.98 Å². The van der Waals surface area contributed by atoms with Crippen LogP contribution in [-0.4, -0.2) is 19.1 Å². The molecule has 1 heterocycles. The molecule has 0 fully saturated rings. The quantitative estimate of drug-likeness (QED) is 0.920. The van der Waals surface area contributed by atoms with Gasteiger partial charge in [-0.05, 0) is 36.9 Å². The highest BCUT2D eigenvalue weighted by molar-refractivity contribution is 6.30. The minimum Gasteiger partial charge on any atom is -0.497 e. The number of nitrogens with zero attached hydrogens (tertiary/aromatic N) is 1. The van der Waals surface area contributed by atoms with Crippen LogP contribution in [0.4, 0.5) is 0 Å². The average Bonchev–Trinajstić information content (AvgIpc) is 2.42. The fourth-order valence-electron chi connectivity index (χ4n) is 1.86. The lowest BCUT2D eigenvalue weighted by Crippen LogP contribution is -2.18. The molecule has 0 bridgehead atoms. The fourth-order valence-corrected chi connectivity index (χ4v) is 1.98. The zero-order valence-electron chi connectivity index (χ0n) is 10.4. The van der Waals surface area contributed by atoms with Gasteiger partial charge in [0, 0.05) is 6.20 Å². The third kappa shape index (κ3) is 2.81. The average molecular weight is 263 g/mol. The van der Waals surface area contributed by atoms with Crippen LogP contribution in [0.1, 0.15) is 17.3 Å². The van der Waals surface area contributed by atoms with Crippen LogP contribution in [0.3, 0.4) is 0 Å². The van der Waals surface area contributed by atoms with Crippen molar-refractivity contribution in [3.8, 4) is 5.75 Å². The van der Waals surface area contributed by atoms with Crippen LogP contribution in [0.15, 0.2) is 42.6 Å². The van der Waals surface area contributed by atoms with Crippen LogP contribution in [0.25, 0.3) is 0 Å². The molecule has 1 N–H and O–H groups in total. The maximum absolute atomic E-state index is 5.85. The minimum atomic E-state index is 0.0253. The number of rotatable bonds is 4. The van der Waals surface area contributed by atoms with E-state index in [1.54, 1.807) is 13.3 Å². The van der Waals surface area contributed by atoms with E-state index in [0.29, 0.717) is 5.02 Å². The van der Waals surface area contributed by atoms with E-state index >= 15 is 0 Å². The van der Waals surface area contributed by atoms with E-state index in [1.165, 1.54) is 0 Å². The topological polar surface area (TPSA) is 34.1 Å². The highest BCUT2D eigenvalue weighted by Crippen LogP contribution is 2.24. The lowest BCUT2D eigenvalue weighted by atomic mass is 10.0. The molecule has 1 atom stereocenters. The van der Waals surface area contributed by atoms with Gasteiger partial charge in [0.1, 0.15) is 5.75 Å². The van der Waals surface area contributed by atoms with Crippen molar-refractivity contribution in [2.75, 3.05) is 14.2 Å². The largest absolute Gasteiger partial charge is 0.497 e. The van der Waals surface area contributed by atoms with Gasteiger partial charge in [0.15, 0.2) is 0 Å². The summed E-state index contributed by atoms with van der Waals surface area (Å²) in [4.78, 5) is 4.35. The second-order valence-electron chi connectivity index (χ2n) is 3.90. The standard InChI is InChI=1S/C14H15ClN2O/c1-16-14(13-7-6-11(15)9-17-13)10-4-3-5-12(8-10)18-2/h3-9,14,16H,1-2H3. The predicted molar refractivity (Wildman–Crippen MR) is 73.1 cm³/mol.